The lowest BCUT2D eigenvalue weighted by Gasteiger charge is -2.36. The van der Waals surface area contributed by atoms with Crippen molar-refractivity contribution in [1.82, 2.24) is 9.78 Å². The Bertz CT molecular complexity index is 427. The highest BCUT2D eigenvalue weighted by Crippen LogP contribution is 2.47. The molecule has 0 aromatic carbocycles. The summed E-state index contributed by atoms with van der Waals surface area (Å²) in [6.07, 6.45) is -2.12. The molecule has 0 saturated heterocycles. The summed E-state index contributed by atoms with van der Waals surface area (Å²) in [5, 5.41) is 14.3. The fourth-order valence-electron chi connectivity index (χ4n) is 2.90. The molecular weight excluding hydrogens is 325 g/mol. The van der Waals surface area contributed by atoms with Crippen LogP contribution in [0.5, 0.6) is 0 Å². The molecule has 0 aliphatic heterocycles. The van der Waals surface area contributed by atoms with Crippen LogP contribution in [0.4, 0.5) is 13.2 Å². The molecule has 0 spiro atoms. The van der Waals surface area contributed by atoms with Gasteiger partial charge in [-0.05, 0) is 28.8 Å². The molecule has 1 fully saturated rings. The summed E-state index contributed by atoms with van der Waals surface area (Å²) in [5.74, 6) is -2.22. The van der Waals surface area contributed by atoms with E-state index in [0.717, 1.165) is 6.42 Å². The number of alkyl halides is 3. The number of hydrogen-bond donors (Lipinski definition) is 1. The van der Waals surface area contributed by atoms with Gasteiger partial charge in [-0.3, -0.25) is 4.68 Å². The molecular formula is C12H16BrF3N2O. The second-order valence-corrected chi connectivity index (χ2v) is 5.90. The molecule has 1 aromatic rings. The average molecular weight is 341 g/mol. The second kappa shape index (κ2) is 5.44. The minimum Gasteiger partial charge on any atom is -0.386 e. The summed E-state index contributed by atoms with van der Waals surface area (Å²) in [6.45, 7) is 0. The van der Waals surface area contributed by atoms with Crippen molar-refractivity contribution in [3.05, 3.63) is 16.4 Å². The molecule has 0 amide bonds. The Labute approximate surface area is 117 Å². The van der Waals surface area contributed by atoms with E-state index in [1.54, 1.807) is 7.05 Å². The number of nitrogens with zero attached hydrogens (tertiary/aromatic N) is 2. The Morgan fingerprint density at radius 2 is 2.05 bits per heavy atom. The zero-order chi connectivity index (χ0) is 14.2. The lowest BCUT2D eigenvalue weighted by atomic mass is 9.75. The second-order valence-electron chi connectivity index (χ2n) is 5.04. The fraction of sp³-hybridized carbons (Fsp3) is 0.750. The van der Waals surface area contributed by atoms with E-state index in [-0.39, 0.29) is 6.42 Å². The zero-order valence-corrected chi connectivity index (χ0v) is 12.1. The zero-order valence-electron chi connectivity index (χ0n) is 10.5. The maximum atomic E-state index is 13.0. The first-order valence-corrected chi connectivity index (χ1v) is 7.04. The minimum atomic E-state index is -4.25. The lowest BCUT2D eigenvalue weighted by molar-refractivity contribution is -0.207. The molecule has 1 heterocycles. The number of aryl methyl sites for hydroxylation is 1. The maximum Gasteiger partial charge on any atom is 0.392 e. The van der Waals surface area contributed by atoms with Gasteiger partial charge in [-0.2, -0.15) is 18.3 Å². The van der Waals surface area contributed by atoms with Gasteiger partial charge in [0.1, 0.15) is 6.10 Å². The van der Waals surface area contributed by atoms with E-state index in [0.29, 0.717) is 23.0 Å². The van der Waals surface area contributed by atoms with Crippen LogP contribution in [0.3, 0.4) is 0 Å². The third-order valence-corrected chi connectivity index (χ3v) is 4.47. The minimum absolute atomic E-state index is 0.0979. The van der Waals surface area contributed by atoms with Crippen LogP contribution in [0.15, 0.2) is 10.7 Å². The van der Waals surface area contributed by atoms with Gasteiger partial charge in [-0.15, -0.1) is 0 Å². The third kappa shape index (κ3) is 2.97. The fourth-order valence-corrected chi connectivity index (χ4v) is 3.48. The van der Waals surface area contributed by atoms with Crippen LogP contribution in [-0.2, 0) is 7.05 Å². The molecule has 2 rings (SSSR count). The van der Waals surface area contributed by atoms with Crippen LogP contribution in [0.1, 0.15) is 37.5 Å². The van der Waals surface area contributed by atoms with Gasteiger partial charge in [-0.25, -0.2) is 0 Å². The average Bonchev–Trinajstić information content (AvgIpc) is 2.67. The Morgan fingerprint density at radius 3 is 2.58 bits per heavy atom. The first-order chi connectivity index (χ1) is 8.82. The molecule has 3 atom stereocenters. The monoisotopic (exact) mass is 340 g/mol. The van der Waals surface area contributed by atoms with Gasteiger partial charge in [0.05, 0.1) is 22.3 Å². The van der Waals surface area contributed by atoms with Crippen molar-refractivity contribution in [3.63, 3.8) is 0 Å². The normalized spacial score (nSPS) is 26.4. The number of rotatable bonds is 2. The van der Waals surface area contributed by atoms with E-state index in [1.165, 1.54) is 10.9 Å². The summed E-state index contributed by atoms with van der Waals surface area (Å²) < 4.78 is 41.1. The summed E-state index contributed by atoms with van der Waals surface area (Å²) in [7, 11) is 1.62. The van der Waals surface area contributed by atoms with Crippen LogP contribution in [0, 0.1) is 11.8 Å². The predicted molar refractivity (Wildman–Crippen MR) is 67.4 cm³/mol. The predicted octanol–water partition coefficient (Wildman–Crippen LogP) is 3.58. The van der Waals surface area contributed by atoms with Crippen LogP contribution in [0.2, 0.25) is 0 Å². The van der Waals surface area contributed by atoms with Crippen molar-refractivity contribution in [3.8, 4) is 0 Å². The number of halogens is 4. The molecule has 0 radical (unpaired) electrons. The highest BCUT2D eigenvalue weighted by atomic mass is 79.9. The SMILES string of the molecule is Cn1ncc(Br)c1C(O)C1CCCCC1C(F)(F)F. The van der Waals surface area contributed by atoms with E-state index in [4.69, 9.17) is 0 Å². The van der Waals surface area contributed by atoms with Crippen LogP contribution in [-0.4, -0.2) is 21.1 Å². The first kappa shape index (κ1) is 14.8. The maximum absolute atomic E-state index is 13.0. The number of aliphatic hydroxyl groups is 1. The highest BCUT2D eigenvalue weighted by molar-refractivity contribution is 9.10. The molecule has 1 saturated carbocycles. The summed E-state index contributed by atoms with van der Waals surface area (Å²) in [4.78, 5) is 0. The topological polar surface area (TPSA) is 38.0 Å². The van der Waals surface area contributed by atoms with Gasteiger partial charge >= 0.3 is 6.18 Å². The molecule has 108 valence electrons. The van der Waals surface area contributed by atoms with Crippen molar-refractivity contribution >= 4 is 15.9 Å². The summed E-state index contributed by atoms with van der Waals surface area (Å²) in [5.41, 5.74) is 0.418. The molecule has 0 bridgehead atoms. The Kier molecular flexibility index (Phi) is 4.25. The van der Waals surface area contributed by atoms with E-state index < -0.39 is 24.1 Å². The van der Waals surface area contributed by atoms with E-state index >= 15 is 0 Å². The molecule has 3 nitrogen and oxygen atoms in total. The van der Waals surface area contributed by atoms with Gasteiger partial charge in [0.25, 0.3) is 0 Å². The largest absolute Gasteiger partial charge is 0.392 e. The molecule has 3 unspecified atom stereocenters. The van der Waals surface area contributed by atoms with Gasteiger partial charge in [0.2, 0.25) is 0 Å². The van der Waals surface area contributed by atoms with Gasteiger partial charge in [-0.1, -0.05) is 12.8 Å². The van der Waals surface area contributed by atoms with Crippen molar-refractivity contribution < 1.29 is 18.3 Å². The highest BCUT2D eigenvalue weighted by Gasteiger charge is 2.48. The van der Waals surface area contributed by atoms with Gasteiger partial charge in [0, 0.05) is 13.0 Å². The standard InChI is InChI=1S/C12H16BrF3N2O/c1-18-10(9(13)6-17-18)11(19)7-4-2-3-5-8(7)12(14,15)16/h6-8,11,19H,2-5H2,1H3. The van der Waals surface area contributed by atoms with Crippen molar-refractivity contribution in [2.75, 3.05) is 0 Å². The number of hydrogen-bond acceptors (Lipinski definition) is 2. The summed E-state index contributed by atoms with van der Waals surface area (Å²) in [6, 6.07) is 0. The van der Waals surface area contributed by atoms with Gasteiger partial charge < -0.3 is 5.11 Å². The van der Waals surface area contributed by atoms with Gasteiger partial charge in [0.15, 0.2) is 0 Å². The quantitative estimate of drug-likeness (QED) is 0.893. The lowest BCUT2D eigenvalue weighted by Crippen LogP contribution is -2.36. The number of aliphatic hydroxyl groups excluding tert-OH is 1. The summed E-state index contributed by atoms with van der Waals surface area (Å²) >= 11 is 3.23. The van der Waals surface area contributed by atoms with Crippen LogP contribution >= 0.6 is 15.9 Å². The van der Waals surface area contributed by atoms with Crippen molar-refractivity contribution in [2.24, 2.45) is 18.9 Å². The van der Waals surface area contributed by atoms with E-state index in [2.05, 4.69) is 21.0 Å². The van der Waals surface area contributed by atoms with Crippen molar-refractivity contribution in [2.45, 2.75) is 38.0 Å². The smallest absolute Gasteiger partial charge is 0.386 e. The van der Waals surface area contributed by atoms with Crippen molar-refractivity contribution in [1.29, 1.82) is 0 Å². The Balaban J connectivity index is 2.28. The molecule has 19 heavy (non-hydrogen) atoms. The third-order valence-electron chi connectivity index (χ3n) is 3.86. The Morgan fingerprint density at radius 1 is 1.42 bits per heavy atom. The van der Waals surface area contributed by atoms with Crippen LogP contribution in [0.25, 0.3) is 0 Å². The molecule has 1 aliphatic rings. The number of aromatic nitrogens is 2. The van der Waals surface area contributed by atoms with E-state index in [9.17, 15) is 18.3 Å². The van der Waals surface area contributed by atoms with Crippen LogP contribution < -0.4 is 0 Å². The molecule has 1 aromatic heterocycles. The molecule has 1 N–H and O–H groups in total. The Hall–Kier alpha value is -0.560. The van der Waals surface area contributed by atoms with E-state index in [1.807, 2.05) is 0 Å². The first-order valence-electron chi connectivity index (χ1n) is 6.24. The molecule has 1 aliphatic carbocycles. The molecule has 7 heteroatoms.